The normalized spacial score (nSPS) is 16.4. The molecule has 1 aromatic carbocycles. The van der Waals surface area contributed by atoms with E-state index in [0.717, 1.165) is 11.6 Å². The molecule has 1 aliphatic rings. The zero-order valence-corrected chi connectivity index (χ0v) is 13.0. The predicted octanol–water partition coefficient (Wildman–Crippen LogP) is 3.00. The van der Waals surface area contributed by atoms with Crippen molar-refractivity contribution < 1.29 is 0 Å². The van der Waals surface area contributed by atoms with Gasteiger partial charge in [-0.2, -0.15) is 0 Å². The van der Waals surface area contributed by atoms with Crippen molar-refractivity contribution in [3.63, 3.8) is 0 Å². The molecule has 4 nitrogen and oxygen atoms in total. The summed E-state index contributed by atoms with van der Waals surface area (Å²) in [4.78, 5) is 6.58. The zero-order chi connectivity index (χ0) is 14.8. The number of aromatic nitrogens is 2. The molecule has 0 spiro atoms. The molecule has 5 heteroatoms. The molecule has 1 aromatic heterocycles. The van der Waals surface area contributed by atoms with E-state index in [2.05, 4.69) is 27.6 Å². The Morgan fingerprint density at radius 2 is 2.29 bits per heavy atom. The second-order valence-electron chi connectivity index (χ2n) is 5.75. The summed E-state index contributed by atoms with van der Waals surface area (Å²) in [6.07, 6.45) is 6.38. The minimum atomic E-state index is 0.173. The van der Waals surface area contributed by atoms with E-state index < -0.39 is 0 Å². The van der Waals surface area contributed by atoms with E-state index in [1.807, 2.05) is 30.7 Å². The Labute approximate surface area is 130 Å². The van der Waals surface area contributed by atoms with Crippen LogP contribution in [0.4, 0.5) is 0 Å². The summed E-state index contributed by atoms with van der Waals surface area (Å²) in [5.41, 5.74) is 8.44. The highest BCUT2D eigenvalue weighted by atomic mass is 35.5. The van der Waals surface area contributed by atoms with Crippen LogP contribution < -0.4 is 5.73 Å². The number of hydrogen-bond donors (Lipinski definition) is 1. The molecule has 2 N–H and O–H groups in total. The van der Waals surface area contributed by atoms with E-state index >= 15 is 0 Å². The summed E-state index contributed by atoms with van der Waals surface area (Å²) in [5.74, 6) is 0. The molecule has 21 heavy (non-hydrogen) atoms. The topological polar surface area (TPSA) is 47.1 Å². The monoisotopic (exact) mass is 304 g/mol. The molecule has 0 radical (unpaired) electrons. The van der Waals surface area contributed by atoms with Gasteiger partial charge in [-0.25, -0.2) is 4.98 Å². The standard InChI is InChI=1S/C16H21ClN4/c1-20(10-12-3-2-4-13(17)7-12)15(8-18)16-9-19-11-21(16)14-5-6-14/h2-4,7,9,11,14-15H,5-6,8,10,18H2,1H3. The van der Waals surface area contributed by atoms with Crippen molar-refractivity contribution in [2.45, 2.75) is 31.5 Å². The molecule has 1 heterocycles. The number of halogens is 1. The molecule has 112 valence electrons. The molecular weight excluding hydrogens is 284 g/mol. The van der Waals surface area contributed by atoms with Crippen LogP contribution in [0, 0.1) is 0 Å². The lowest BCUT2D eigenvalue weighted by Crippen LogP contribution is -2.31. The van der Waals surface area contributed by atoms with Gasteiger partial charge in [0.25, 0.3) is 0 Å². The summed E-state index contributed by atoms with van der Waals surface area (Å²) in [6, 6.07) is 8.77. The maximum absolute atomic E-state index is 6.06. The van der Waals surface area contributed by atoms with Crippen molar-refractivity contribution in [2.75, 3.05) is 13.6 Å². The first-order valence-corrected chi connectivity index (χ1v) is 7.73. The van der Waals surface area contributed by atoms with Crippen LogP contribution in [0.3, 0.4) is 0 Å². The van der Waals surface area contributed by atoms with E-state index in [9.17, 15) is 0 Å². The number of imidazole rings is 1. The van der Waals surface area contributed by atoms with E-state index in [-0.39, 0.29) is 6.04 Å². The second kappa shape index (κ2) is 6.18. The largest absolute Gasteiger partial charge is 0.330 e. The van der Waals surface area contributed by atoms with Crippen molar-refractivity contribution in [3.05, 3.63) is 53.1 Å². The Hall–Kier alpha value is -1.36. The van der Waals surface area contributed by atoms with Gasteiger partial charge in [0.2, 0.25) is 0 Å². The van der Waals surface area contributed by atoms with Crippen LogP contribution >= 0.6 is 11.6 Å². The third-order valence-electron chi connectivity index (χ3n) is 4.05. The van der Waals surface area contributed by atoms with Crippen molar-refractivity contribution in [3.8, 4) is 0 Å². The Bertz CT molecular complexity index is 606. The molecule has 0 saturated heterocycles. The number of likely N-dealkylation sites (N-methyl/N-ethyl adjacent to an activating group) is 1. The quantitative estimate of drug-likeness (QED) is 0.892. The summed E-state index contributed by atoms with van der Waals surface area (Å²) in [7, 11) is 2.10. The Morgan fingerprint density at radius 3 is 2.95 bits per heavy atom. The van der Waals surface area contributed by atoms with Gasteiger partial charge in [-0.15, -0.1) is 0 Å². The Morgan fingerprint density at radius 1 is 1.48 bits per heavy atom. The Kier molecular flexibility index (Phi) is 4.29. The minimum absolute atomic E-state index is 0.173. The van der Waals surface area contributed by atoms with Gasteiger partial charge in [-0.3, -0.25) is 4.90 Å². The van der Waals surface area contributed by atoms with Crippen molar-refractivity contribution in [2.24, 2.45) is 5.73 Å². The summed E-state index contributed by atoms with van der Waals surface area (Å²) >= 11 is 6.06. The van der Waals surface area contributed by atoms with Gasteiger partial charge < -0.3 is 10.3 Å². The van der Waals surface area contributed by atoms with Gasteiger partial charge in [0.15, 0.2) is 0 Å². The van der Waals surface area contributed by atoms with E-state index in [4.69, 9.17) is 17.3 Å². The summed E-state index contributed by atoms with van der Waals surface area (Å²) in [6.45, 7) is 1.40. The number of nitrogens with two attached hydrogens (primary N) is 1. The van der Waals surface area contributed by atoms with Crippen LogP contribution in [0.5, 0.6) is 0 Å². The first-order valence-electron chi connectivity index (χ1n) is 7.35. The van der Waals surface area contributed by atoms with E-state index in [1.54, 1.807) is 0 Å². The van der Waals surface area contributed by atoms with Crippen LogP contribution in [-0.4, -0.2) is 28.0 Å². The van der Waals surface area contributed by atoms with Gasteiger partial charge in [0.1, 0.15) is 0 Å². The molecule has 1 unspecified atom stereocenters. The van der Waals surface area contributed by atoms with Gasteiger partial charge in [-0.05, 0) is 37.6 Å². The van der Waals surface area contributed by atoms with Gasteiger partial charge in [0, 0.05) is 30.4 Å². The summed E-state index contributed by atoms with van der Waals surface area (Å²) in [5, 5.41) is 0.772. The molecule has 2 aromatic rings. The fourth-order valence-corrected chi connectivity index (χ4v) is 3.00. The molecule has 1 aliphatic carbocycles. The van der Waals surface area contributed by atoms with Crippen LogP contribution in [0.2, 0.25) is 5.02 Å². The van der Waals surface area contributed by atoms with Crippen molar-refractivity contribution >= 4 is 11.6 Å². The molecule has 1 atom stereocenters. The van der Waals surface area contributed by atoms with E-state index in [1.165, 1.54) is 24.1 Å². The lowest BCUT2D eigenvalue weighted by Gasteiger charge is -2.28. The number of benzene rings is 1. The zero-order valence-electron chi connectivity index (χ0n) is 12.2. The maximum atomic E-state index is 6.06. The smallest absolute Gasteiger partial charge is 0.0951 e. The summed E-state index contributed by atoms with van der Waals surface area (Å²) < 4.78 is 2.28. The minimum Gasteiger partial charge on any atom is -0.330 e. The van der Waals surface area contributed by atoms with Crippen LogP contribution in [-0.2, 0) is 6.54 Å². The second-order valence-corrected chi connectivity index (χ2v) is 6.19. The lowest BCUT2D eigenvalue weighted by molar-refractivity contribution is 0.232. The van der Waals surface area contributed by atoms with Crippen molar-refractivity contribution in [1.29, 1.82) is 0 Å². The highest BCUT2D eigenvalue weighted by Crippen LogP contribution is 2.37. The molecule has 0 aliphatic heterocycles. The number of nitrogens with zero attached hydrogens (tertiary/aromatic N) is 3. The molecular formula is C16H21ClN4. The highest BCUT2D eigenvalue weighted by molar-refractivity contribution is 6.30. The highest BCUT2D eigenvalue weighted by Gasteiger charge is 2.28. The third-order valence-corrected chi connectivity index (χ3v) is 4.29. The molecule has 1 saturated carbocycles. The molecule has 1 fully saturated rings. The molecule has 0 amide bonds. The maximum Gasteiger partial charge on any atom is 0.0951 e. The van der Waals surface area contributed by atoms with Gasteiger partial charge >= 0.3 is 0 Å². The molecule has 3 rings (SSSR count). The lowest BCUT2D eigenvalue weighted by atomic mass is 10.1. The fraction of sp³-hybridized carbons (Fsp3) is 0.438. The Balaban J connectivity index is 1.77. The number of hydrogen-bond acceptors (Lipinski definition) is 3. The molecule has 0 bridgehead atoms. The first kappa shape index (κ1) is 14.6. The average molecular weight is 305 g/mol. The van der Waals surface area contributed by atoms with Crippen LogP contribution in [0.25, 0.3) is 0 Å². The SMILES string of the molecule is CN(Cc1cccc(Cl)c1)C(CN)c1cncn1C1CC1. The fourth-order valence-electron chi connectivity index (χ4n) is 2.79. The first-order chi connectivity index (χ1) is 10.2. The van der Waals surface area contributed by atoms with Crippen LogP contribution in [0.15, 0.2) is 36.8 Å². The van der Waals surface area contributed by atoms with Crippen LogP contribution in [0.1, 0.15) is 36.2 Å². The predicted molar refractivity (Wildman–Crippen MR) is 85.2 cm³/mol. The van der Waals surface area contributed by atoms with Gasteiger partial charge in [0.05, 0.1) is 18.1 Å². The van der Waals surface area contributed by atoms with E-state index in [0.29, 0.717) is 12.6 Å². The number of rotatable bonds is 6. The van der Waals surface area contributed by atoms with Crippen molar-refractivity contribution in [1.82, 2.24) is 14.5 Å². The third kappa shape index (κ3) is 3.28. The average Bonchev–Trinajstić information content (AvgIpc) is 3.19. The van der Waals surface area contributed by atoms with Gasteiger partial charge in [-0.1, -0.05) is 23.7 Å².